The Hall–Kier alpha value is -2.65. The predicted molar refractivity (Wildman–Crippen MR) is 101 cm³/mol. The first kappa shape index (κ1) is 18.2. The lowest BCUT2D eigenvalue weighted by molar-refractivity contribution is 0.262. The number of carbonyl (C=O) groups excluding carboxylic acids is 1. The maximum Gasteiger partial charge on any atom is 0.323 e. The summed E-state index contributed by atoms with van der Waals surface area (Å²) in [6.07, 6.45) is 5.19. The van der Waals surface area contributed by atoms with E-state index in [1.54, 1.807) is 18.3 Å². The molecule has 8 nitrogen and oxygen atoms in total. The summed E-state index contributed by atoms with van der Waals surface area (Å²) in [5.74, 6) is 0.900. The number of anilines is 3. The smallest absolute Gasteiger partial charge is 0.323 e. The zero-order valence-corrected chi connectivity index (χ0v) is 15.0. The van der Waals surface area contributed by atoms with Gasteiger partial charge in [0.25, 0.3) is 0 Å². The number of urea groups is 1. The molecule has 0 aliphatic carbocycles. The van der Waals surface area contributed by atoms with Gasteiger partial charge in [-0.3, -0.25) is 0 Å². The minimum atomic E-state index is -3.82. The van der Waals surface area contributed by atoms with Gasteiger partial charge >= 0.3 is 6.03 Å². The molecule has 1 fully saturated rings. The largest absolute Gasteiger partial charge is 0.357 e. The first-order valence-electron chi connectivity index (χ1n) is 8.34. The zero-order valence-electron chi connectivity index (χ0n) is 14.2. The van der Waals surface area contributed by atoms with Crippen molar-refractivity contribution in [3.05, 3.63) is 42.6 Å². The summed E-state index contributed by atoms with van der Waals surface area (Å²) in [5.41, 5.74) is 0.873. The molecule has 1 aromatic carbocycles. The number of primary sulfonamides is 1. The minimum absolute atomic E-state index is 0.0668. The molecule has 138 valence electrons. The molecule has 1 aliphatic rings. The second-order valence-corrected chi connectivity index (χ2v) is 7.67. The number of nitrogens with one attached hydrogen (secondary N) is 2. The Kier molecular flexibility index (Phi) is 5.38. The van der Waals surface area contributed by atoms with Crippen LogP contribution in [0.2, 0.25) is 0 Å². The molecule has 0 atom stereocenters. The predicted octanol–water partition coefficient (Wildman–Crippen LogP) is 2.36. The lowest BCUT2D eigenvalue weighted by Crippen LogP contribution is -2.30. The van der Waals surface area contributed by atoms with Crippen LogP contribution in [0.15, 0.2) is 47.5 Å². The van der Waals surface area contributed by atoms with Gasteiger partial charge in [0, 0.05) is 18.8 Å². The monoisotopic (exact) mass is 375 g/mol. The van der Waals surface area contributed by atoms with E-state index < -0.39 is 16.1 Å². The lowest BCUT2D eigenvalue weighted by Gasteiger charge is -2.27. The number of carbonyl (C=O) groups is 1. The van der Waals surface area contributed by atoms with Gasteiger partial charge in [0.1, 0.15) is 5.82 Å². The van der Waals surface area contributed by atoms with Gasteiger partial charge in [0.2, 0.25) is 10.0 Å². The number of benzene rings is 1. The summed E-state index contributed by atoms with van der Waals surface area (Å²) in [7, 11) is -3.82. The third kappa shape index (κ3) is 4.70. The Morgan fingerprint density at radius 3 is 2.42 bits per heavy atom. The van der Waals surface area contributed by atoms with Crippen molar-refractivity contribution < 1.29 is 13.2 Å². The molecule has 26 heavy (non-hydrogen) atoms. The SMILES string of the molecule is NS(=O)(=O)c1cccc(NC(=O)Nc2ccc(N3CCCCC3)nc2)c1. The van der Waals surface area contributed by atoms with Crippen LogP contribution in [0.1, 0.15) is 19.3 Å². The van der Waals surface area contributed by atoms with Crippen LogP contribution < -0.4 is 20.7 Å². The quantitative estimate of drug-likeness (QED) is 0.758. The number of aromatic nitrogens is 1. The summed E-state index contributed by atoms with van der Waals surface area (Å²) >= 11 is 0. The molecule has 2 amide bonds. The third-order valence-corrected chi connectivity index (χ3v) is 5.02. The maximum absolute atomic E-state index is 12.1. The van der Waals surface area contributed by atoms with Gasteiger partial charge in [-0.25, -0.2) is 23.3 Å². The highest BCUT2D eigenvalue weighted by Gasteiger charge is 2.12. The number of hydrogen-bond donors (Lipinski definition) is 3. The van der Waals surface area contributed by atoms with Crippen molar-refractivity contribution >= 4 is 33.2 Å². The van der Waals surface area contributed by atoms with E-state index in [1.165, 1.54) is 37.5 Å². The number of piperidine rings is 1. The van der Waals surface area contributed by atoms with Crippen LogP contribution in [-0.2, 0) is 10.0 Å². The third-order valence-electron chi connectivity index (χ3n) is 4.11. The van der Waals surface area contributed by atoms with Crippen molar-refractivity contribution in [1.82, 2.24) is 4.98 Å². The first-order valence-corrected chi connectivity index (χ1v) is 9.88. The van der Waals surface area contributed by atoms with Crippen LogP contribution in [0.5, 0.6) is 0 Å². The number of sulfonamides is 1. The van der Waals surface area contributed by atoms with E-state index in [2.05, 4.69) is 20.5 Å². The fraction of sp³-hybridized carbons (Fsp3) is 0.294. The fourth-order valence-corrected chi connectivity index (χ4v) is 3.37. The number of nitrogens with two attached hydrogens (primary N) is 1. The van der Waals surface area contributed by atoms with Crippen LogP contribution in [0, 0.1) is 0 Å². The highest BCUT2D eigenvalue weighted by Crippen LogP contribution is 2.19. The second-order valence-electron chi connectivity index (χ2n) is 6.10. The number of rotatable bonds is 4. The molecule has 4 N–H and O–H groups in total. The van der Waals surface area contributed by atoms with Gasteiger partial charge in [-0.1, -0.05) is 6.07 Å². The van der Waals surface area contributed by atoms with Crippen LogP contribution >= 0.6 is 0 Å². The molecule has 1 aliphatic heterocycles. The van der Waals surface area contributed by atoms with Gasteiger partial charge in [-0.2, -0.15) is 0 Å². The van der Waals surface area contributed by atoms with E-state index in [1.807, 2.05) is 6.07 Å². The lowest BCUT2D eigenvalue weighted by atomic mass is 10.1. The van der Waals surface area contributed by atoms with Gasteiger partial charge in [-0.05, 0) is 49.6 Å². The van der Waals surface area contributed by atoms with Gasteiger partial charge in [0.05, 0.1) is 16.8 Å². The first-order chi connectivity index (χ1) is 12.4. The van der Waals surface area contributed by atoms with Crippen LogP contribution in [0.25, 0.3) is 0 Å². The van der Waals surface area contributed by atoms with Crippen LogP contribution in [0.4, 0.5) is 22.0 Å². The van der Waals surface area contributed by atoms with E-state index in [4.69, 9.17) is 5.14 Å². The average molecular weight is 375 g/mol. The van der Waals surface area contributed by atoms with Gasteiger partial charge < -0.3 is 15.5 Å². The Morgan fingerprint density at radius 1 is 1.04 bits per heavy atom. The molecule has 9 heteroatoms. The van der Waals surface area contributed by atoms with Gasteiger partial charge in [0.15, 0.2) is 0 Å². The normalized spacial score (nSPS) is 14.7. The van der Waals surface area contributed by atoms with Crippen molar-refractivity contribution in [2.24, 2.45) is 5.14 Å². The molecule has 0 saturated carbocycles. The number of amides is 2. The Labute approximate surface area is 152 Å². The van der Waals surface area contributed by atoms with E-state index in [0.29, 0.717) is 11.4 Å². The maximum atomic E-state index is 12.1. The molecule has 2 heterocycles. The topological polar surface area (TPSA) is 117 Å². The molecule has 0 unspecified atom stereocenters. The average Bonchev–Trinajstić information content (AvgIpc) is 2.62. The Bertz CT molecular complexity index is 878. The number of nitrogens with zero attached hydrogens (tertiary/aromatic N) is 2. The van der Waals surface area contributed by atoms with E-state index in [-0.39, 0.29) is 4.90 Å². The molecule has 1 saturated heterocycles. The summed E-state index contributed by atoms with van der Waals surface area (Å²) in [5, 5.41) is 10.3. The number of hydrogen-bond acceptors (Lipinski definition) is 5. The minimum Gasteiger partial charge on any atom is -0.357 e. The summed E-state index contributed by atoms with van der Waals surface area (Å²) in [6.45, 7) is 2.00. The number of pyridine rings is 1. The Balaban J connectivity index is 1.61. The van der Waals surface area contributed by atoms with Crippen molar-refractivity contribution in [1.29, 1.82) is 0 Å². The summed E-state index contributed by atoms with van der Waals surface area (Å²) in [6, 6.07) is 8.91. The Morgan fingerprint density at radius 2 is 1.77 bits per heavy atom. The van der Waals surface area contributed by atoms with E-state index in [0.717, 1.165) is 18.9 Å². The van der Waals surface area contributed by atoms with E-state index in [9.17, 15) is 13.2 Å². The summed E-state index contributed by atoms with van der Waals surface area (Å²) < 4.78 is 22.7. The van der Waals surface area contributed by atoms with Crippen molar-refractivity contribution in [3.8, 4) is 0 Å². The van der Waals surface area contributed by atoms with Crippen LogP contribution in [-0.4, -0.2) is 32.5 Å². The highest BCUT2D eigenvalue weighted by molar-refractivity contribution is 7.89. The molecule has 0 radical (unpaired) electrons. The molecule has 3 rings (SSSR count). The molecule has 2 aromatic rings. The molecule has 1 aromatic heterocycles. The molecule has 0 bridgehead atoms. The standard InChI is InChI=1S/C17H21N5O3S/c18-26(24,25)15-6-4-5-13(11-15)20-17(23)21-14-7-8-16(19-12-14)22-9-2-1-3-10-22/h4-8,11-12H,1-3,9-10H2,(H2,18,24,25)(H2,20,21,23). The van der Waals surface area contributed by atoms with Crippen molar-refractivity contribution in [3.63, 3.8) is 0 Å². The molecular weight excluding hydrogens is 354 g/mol. The van der Waals surface area contributed by atoms with Crippen molar-refractivity contribution in [2.45, 2.75) is 24.2 Å². The van der Waals surface area contributed by atoms with Crippen LogP contribution in [0.3, 0.4) is 0 Å². The van der Waals surface area contributed by atoms with E-state index >= 15 is 0 Å². The van der Waals surface area contributed by atoms with Crippen molar-refractivity contribution in [2.75, 3.05) is 28.6 Å². The zero-order chi connectivity index (χ0) is 18.6. The highest BCUT2D eigenvalue weighted by atomic mass is 32.2. The fourth-order valence-electron chi connectivity index (χ4n) is 2.81. The molecular formula is C17H21N5O3S. The van der Waals surface area contributed by atoms with Gasteiger partial charge in [-0.15, -0.1) is 0 Å². The molecule has 0 spiro atoms. The summed E-state index contributed by atoms with van der Waals surface area (Å²) in [4.78, 5) is 18.6. The second kappa shape index (κ2) is 7.71.